The number of ether oxygens (including phenoxy) is 1. The minimum atomic E-state index is -3.00. The second-order valence-electron chi connectivity index (χ2n) is 4.66. The highest BCUT2D eigenvalue weighted by Gasteiger charge is 2.19. The van der Waals surface area contributed by atoms with Gasteiger partial charge in [0.15, 0.2) is 5.88 Å². The number of nitrogens with one attached hydrogen (secondary N) is 1. The quantitative estimate of drug-likeness (QED) is 0.652. The molecule has 0 unspecified atom stereocenters. The van der Waals surface area contributed by atoms with Crippen LogP contribution in [0.2, 0.25) is 5.02 Å². The maximum atomic E-state index is 13.4. The van der Waals surface area contributed by atoms with Gasteiger partial charge in [0.25, 0.3) is 0 Å². The van der Waals surface area contributed by atoms with E-state index in [-0.39, 0.29) is 27.8 Å². The molecule has 7 heteroatoms. The Morgan fingerprint density at radius 2 is 1.90 bits per heavy atom. The lowest BCUT2D eigenvalue weighted by Gasteiger charge is -2.21. The predicted octanol–water partition coefficient (Wildman–Crippen LogP) is 4.19. The van der Waals surface area contributed by atoms with Gasteiger partial charge in [0.05, 0.1) is 10.7 Å². The number of halogens is 4. The molecule has 0 aliphatic heterocycles. The van der Waals surface area contributed by atoms with Gasteiger partial charge < -0.3 is 9.64 Å². The van der Waals surface area contributed by atoms with E-state index in [4.69, 9.17) is 17.0 Å². The lowest BCUT2D eigenvalue weighted by atomic mass is 10.0. The maximum Gasteiger partial charge on any atom is 0.388 e. The Bertz CT molecular complexity index is 586. The first-order valence-corrected chi connectivity index (χ1v) is 6.40. The van der Waals surface area contributed by atoms with Crippen molar-refractivity contribution in [1.29, 1.82) is 5.41 Å². The summed E-state index contributed by atoms with van der Waals surface area (Å²) in [5.41, 5.74) is 0.638. The Kier molecular flexibility index (Phi) is 5.66. The van der Waals surface area contributed by atoms with Crippen LogP contribution in [0, 0.1) is 18.2 Å². The molecule has 0 atom stereocenters. The van der Waals surface area contributed by atoms with Gasteiger partial charge >= 0.3 is 6.61 Å². The molecule has 0 heterocycles. The second-order valence-corrected chi connectivity index (χ2v) is 5.07. The van der Waals surface area contributed by atoms with Crippen molar-refractivity contribution in [3.63, 3.8) is 0 Å². The fourth-order valence-corrected chi connectivity index (χ4v) is 2.02. The van der Waals surface area contributed by atoms with Gasteiger partial charge in [-0.3, -0.25) is 5.41 Å². The molecule has 0 aliphatic carbocycles. The van der Waals surface area contributed by atoms with Crippen LogP contribution in [0.5, 0.6) is 0 Å². The van der Waals surface area contributed by atoms with Crippen molar-refractivity contribution in [3.8, 4) is 0 Å². The second kappa shape index (κ2) is 6.85. The summed E-state index contributed by atoms with van der Waals surface area (Å²) in [6, 6.07) is 2.50. The molecule has 116 valence electrons. The number of rotatable bonds is 5. The van der Waals surface area contributed by atoms with Crippen molar-refractivity contribution >= 4 is 17.3 Å². The van der Waals surface area contributed by atoms with E-state index in [1.54, 1.807) is 0 Å². The highest BCUT2D eigenvalue weighted by Crippen LogP contribution is 2.25. The summed E-state index contributed by atoms with van der Waals surface area (Å²) < 4.78 is 42.7. The van der Waals surface area contributed by atoms with Gasteiger partial charge in [-0.1, -0.05) is 11.6 Å². The Hall–Kier alpha value is -1.69. The minimum absolute atomic E-state index is 0.0394. The Morgan fingerprint density at radius 1 is 1.33 bits per heavy atom. The van der Waals surface area contributed by atoms with Gasteiger partial charge in [0, 0.05) is 25.2 Å². The zero-order chi connectivity index (χ0) is 16.3. The van der Waals surface area contributed by atoms with Gasteiger partial charge in [-0.05, 0) is 31.5 Å². The van der Waals surface area contributed by atoms with E-state index in [2.05, 4.69) is 4.74 Å². The molecule has 1 aromatic carbocycles. The molecule has 0 spiro atoms. The average Bonchev–Trinajstić information content (AvgIpc) is 2.38. The predicted molar refractivity (Wildman–Crippen MR) is 76.5 cm³/mol. The normalized spacial score (nSPS) is 12.2. The van der Waals surface area contributed by atoms with Crippen LogP contribution < -0.4 is 0 Å². The van der Waals surface area contributed by atoms with Crippen molar-refractivity contribution in [2.45, 2.75) is 20.5 Å². The van der Waals surface area contributed by atoms with E-state index in [1.165, 1.54) is 38.9 Å². The zero-order valence-electron chi connectivity index (χ0n) is 12.1. The van der Waals surface area contributed by atoms with Crippen LogP contribution in [0.15, 0.2) is 23.6 Å². The summed E-state index contributed by atoms with van der Waals surface area (Å²) in [6.45, 7) is -0.00502. The highest BCUT2D eigenvalue weighted by atomic mass is 35.5. The maximum absolute atomic E-state index is 13.4. The molecule has 0 bridgehead atoms. The number of nitrogens with zero attached hydrogens (tertiary/aromatic N) is 1. The molecule has 1 rings (SSSR count). The van der Waals surface area contributed by atoms with Crippen LogP contribution in [-0.4, -0.2) is 31.3 Å². The van der Waals surface area contributed by atoms with Gasteiger partial charge in [0.1, 0.15) is 5.82 Å². The van der Waals surface area contributed by atoms with E-state index in [1.807, 2.05) is 0 Å². The standard InChI is InChI=1S/C14H16ClF3N2O/c1-7-5-9(10(15)6-11(7)16)12(19)8(2)13(20(3)4)21-14(17)18/h5-6,14,19H,1-4H3/b13-8+,19-12?. The summed E-state index contributed by atoms with van der Waals surface area (Å²) >= 11 is 5.92. The van der Waals surface area contributed by atoms with Crippen molar-refractivity contribution in [2.24, 2.45) is 0 Å². The molecule has 0 saturated heterocycles. The number of hydrogen-bond acceptors (Lipinski definition) is 3. The fraction of sp³-hybridized carbons (Fsp3) is 0.357. The fourth-order valence-electron chi connectivity index (χ4n) is 1.77. The Labute approximate surface area is 126 Å². The van der Waals surface area contributed by atoms with Gasteiger partial charge in [-0.25, -0.2) is 4.39 Å². The molecule has 1 N–H and O–H groups in total. The summed E-state index contributed by atoms with van der Waals surface area (Å²) in [5, 5.41) is 8.13. The average molecular weight is 321 g/mol. The molecule has 0 fully saturated rings. The van der Waals surface area contributed by atoms with Crippen molar-refractivity contribution in [1.82, 2.24) is 4.90 Å². The van der Waals surface area contributed by atoms with E-state index in [0.29, 0.717) is 5.56 Å². The van der Waals surface area contributed by atoms with Crippen LogP contribution in [0.25, 0.3) is 0 Å². The molecule has 0 amide bonds. The van der Waals surface area contributed by atoms with Crippen LogP contribution in [-0.2, 0) is 4.74 Å². The van der Waals surface area contributed by atoms with Crippen molar-refractivity contribution < 1.29 is 17.9 Å². The number of allylic oxidation sites excluding steroid dienone is 1. The number of aryl methyl sites for hydroxylation is 1. The lowest BCUT2D eigenvalue weighted by Crippen LogP contribution is -2.21. The van der Waals surface area contributed by atoms with E-state index in [9.17, 15) is 13.2 Å². The smallest absolute Gasteiger partial charge is 0.388 e. The molecule has 0 aromatic heterocycles. The summed E-state index contributed by atoms with van der Waals surface area (Å²) in [5.74, 6) is -0.636. The Balaban J connectivity index is 3.31. The van der Waals surface area contributed by atoms with Crippen molar-refractivity contribution in [3.05, 3.63) is 45.6 Å². The van der Waals surface area contributed by atoms with Gasteiger partial charge in [-0.2, -0.15) is 8.78 Å². The van der Waals surface area contributed by atoms with E-state index >= 15 is 0 Å². The van der Waals surface area contributed by atoms with Crippen molar-refractivity contribution in [2.75, 3.05) is 14.1 Å². The number of benzene rings is 1. The topological polar surface area (TPSA) is 36.3 Å². The number of hydrogen-bond donors (Lipinski definition) is 1. The molecule has 1 aromatic rings. The number of alkyl halides is 2. The van der Waals surface area contributed by atoms with Gasteiger partial charge in [-0.15, -0.1) is 0 Å². The van der Waals surface area contributed by atoms with Crippen LogP contribution in [0.1, 0.15) is 18.1 Å². The first-order chi connectivity index (χ1) is 9.65. The largest absolute Gasteiger partial charge is 0.419 e. The zero-order valence-corrected chi connectivity index (χ0v) is 12.9. The molecule has 0 aliphatic rings. The van der Waals surface area contributed by atoms with Crippen LogP contribution in [0.3, 0.4) is 0 Å². The molecule has 0 radical (unpaired) electrons. The third kappa shape index (κ3) is 4.14. The highest BCUT2D eigenvalue weighted by molar-refractivity contribution is 6.35. The molecule has 21 heavy (non-hydrogen) atoms. The first kappa shape index (κ1) is 17.4. The first-order valence-electron chi connectivity index (χ1n) is 6.03. The van der Waals surface area contributed by atoms with Gasteiger partial charge in [0.2, 0.25) is 0 Å². The summed E-state index contributed by atoms with van der Waals surface area (Å²) in [6.07, 6.45) is 0. The minimum Gasteiger partial charge on any atom is -0.419 e. The van der Waals surface area contributed by atoms with Crippen LogP contribution in [0.4, 0.5) is 13.2 Å². The molecular weight excluding hydrogens is 305 g/mol. The monoisotopic (exact) mass is 320 g/mol. The Morgan fingerprint density at radius 3 is 2.38 bits per heavy atom. The molecule has 3 nitrogen and oxygen atoms in total. The molecule has 0 saturated carbocycles. The van der Waals surface area contributed by atoms with Crippen LogP contribution >= 0.6 is 11.6 Å². The third-order valence-electron chi connectivity index (χ3n) is 2.82. The summed E-state index contributed by atoms with van der Waals surface area (Å²) in [7, 11) is 3.04. The summed E-state index contributed by atoms with van der Waals surface area (Å²) in [4.78, 5) is 1.33. The lowest BCUT2D eigenvalue weighted by molar-refractivity contribution is -0.114. The van der Waals surface area contributed by atoms with E-state index < -0.39 is 12.4 Å². The third-order valence-corrected chi connectivity index (χ3v) is 3.13. The van der Waals surface area contributed by atoms with E-state index in [0.717, 1.165) is 6.07 Å². The molecular formula is C14H16ClF3N2O. The SMILES string of the molecule is C/C(C(=N)c1cc(C)c(F)cc1Cl)=C(\OC(F)F)N(C)C.